The normalized spacial score (nSPS) is 12.1. The van der Waals surface area contributed by atoms with Gasteiger partial charge >= 0.3 is 6.18 Å². The Morgan fingerprint density at radius 2 is 1.71 bits per heavy atom. The lowest BCUT2D eigenvalue weighted by molar-refractivity contribution is -0.137. The fraction of sp³-hybridized carbons (Fsp3) is 0.222. The second-order valence-electron chi connectivity index (χ2n) is 5.94. The molecule has 0 heterocycles. The van der Waals surface area contributed by atoms with Crippen LogP contribution < -0.4 is 5.32 Å². The molecule has 1 N–H and O–H groups in total. The SMILES string of the molecule is CC(=O)c1cccc(S(=O)(=O)N(C)CC(=O)Nc2ccccc2C(F)(F)F)c1. The van der Waals surface area contributed by atoms with Gasteiger partial charge < -0.3 is 5.32 Å². The zero-order valence-corrected chi connectivity index (χ0v) is 15.8. The minimum Gasteiger partial charge on any atom is -0.324 e. The molecule has 6 nitrogen and oxygen atoms in total. The number of anilines is 1. The van der Waals surface area contributed by atoms with Crippen molar-refractivity contribution in [3.8, 4) is 0 Å². The molecule has 2 rings (SSSR count). The maximum atomic E-state index is 13.0. The van der Waals surface area contributed by atoms with Gasteiger partial charge in [-0.15, -0.1) is 0 Å². The number of ketones is 1. The monoisotopic (exact) mass is 414 g/mol. The van der Waals surface area contributed by atoms with E-state index in [0.717, 1.165) is 19.2 Å². The first-order chi connectivity index (χ1) is 12.9. The highest BCUT2D eigenvalue weighted by Crippen LogP contribution is 2.34. The number of likely N-dealkylation sites (N-methyl/N-ethyl adjacent to an activating group) is 1. The molecule has 0 radical (unpaired) electrons. The smallest absolute Gasteiger partial charge is 0.324 e. The quantitative estimate of drug-likeness (QED) is 0.736. The highest BCUT2D eigenvalue weighted by Gasteiger charge is 2.34. The number of para-hydroxylation sites is 1. The number of nitrogens with zero attached hydrogens (tertiary/aromatic N) is 1. The van der Waals surface area contributed by atoms with Crippen molar-refractivity contribution >= 4 is 27.4 Å². The molecule has 0 unspecified atom stereocenters. The van der Waals surface area contributed by atoms with Gasteiger partial charge in [0.05, 0.1) is 22.7 Å². The van der Waals surface area contributed by atoms with E-state index in [1.165, 1.54) is 43.3 Å². The first kappa shape index (κ1) is 21.6. The zero-order chi connectivity index (χ0) is 21.1. The summed E-state index contributed by atoms with van der Waals surface area (Å²) in [7, 11) is -3.01. The molecule has 0 fully saturated rings. The van der Waals surface area contributed by atoms with Gasteiger partial charge in [-0.3, -0.25) is 9.59 Å². The van der Waals surface area contributed by atoms with Crippen molar-refractivity contribution in [1.82, 2.24) is 4.31 Å². The summed E-state index contributed by atoms with van der Waals surface area (Å²) >= 11 is 0. The van der Waals surface area contributed by atoms with Crippen molar-refractivity contribution in [2.45, 2.75) is 18.0 Å². The van der Waals surface area contributed by atoms with Crippen LogP contribution in [0.5, 0.6) is 0 Å². The molecule has 0 bridgehead atoms. The molecule has 0 spiro atoms. The maximum absolute atomic E-state index is 13.0. The maximum Gasteiger partial charge on any atom is 0.418 e. The van der Waals surface area contributed by atoms with Crippen molar-refractivity contribution in [2.75, 3.05) is 18.9 Å². The van der Waals surface area contributed by atoms with Crippen molar-refractivity contribution in [3.05, 3.63) is 59.7 Å². The molecular weight excluding hydrogens is 397 g/mol. The summed E-state index contributed by atoms with van der Waals surface area (Å²) in [5.41, 5.74) is -1.33. The van der Waals surface area contributed by atoms with E-state index in [1.807, 2.05) is 0 Å². The number of hydrogen-bond acceptors (Lipinski definition) is 4. The summed E-state index contributed by atoms with van der Waals surface area (Å²) in [6.07, 6.45) is -4.67. The Hall–Kier alpha value is -2.72. The van der Waals surface area contributed by atoms with Gasteiger partial charge in [-0.1, -0.05) is 24.3 Å². The van der Waals surface area contributed by atoms with Crippen LogP contribution in [0, 0.1) is 0 Å². The Morgan fingerprint density at radius 1 is 1.07 bits per heavy atom. The molecule has 28 heavy (non-hydrogen) atoms. The van der Waals surface area contributed by atoms with E-state index in [9.17, 15) is 31.2 Å². The van der Waals surface area contributed by atoms with Gasteiger partial charge in [0.15, 0.2) is 5.78 Å². The summed E-state index contributed by atoms with van der Waals surface area (Å²) in [6, 6.07) is 9.64. The van der Waals surface area contributed by atoms with E-state index >= 15 is 0 Å². The van der Waals surface area contributed by atoms with Crippen molar-refractivity contribution in [3.63, 3.8) is 0 Å². The van der Waals surface area contributed by atoms with Gasteiger partial charge in [0.2, 0.25) is 15.9 Å². The molecule has 1 amide bonds. The molecule has 0 aliphatic carbocycles. The van der Waals surface area contributed by atoms with Crippen LogP contribution in [0.3, 0.4) is 0 Å². The zero-order valence-electron chi connectivity index (χ0n) is 14.9. The molecule has 10 heteroatoms. The second-order valence-corrected chi connectivity index (χ2v) is 7.98. The van der Waals surface area contributed by atoms with Crippen molar-refractivity contribution < 1.29 is 31.2 Å². The Bertz CT molecular complexity index is 1000. The number of carbonyl (C=O) groups excluding carboxylic acids is 2. The lowest BCUT2D eigenvalue weighted by Gasteiger charge is -2.18. The van der Waals surface area contributed by atoms with Crippen LogP contribution in [0.2, 0.25) is 0 Å². The number of benzene rings is 2. The Balaban J connectivity index is 2.19. The number of hydrogen-bond donors (Lipinski definition) is 1. The number of nitrogens with one attached hydrogen (secondary N) is 1. The number of alkyl halides is 3. The van der Waals surface area contributed by atoms with Gasteiger partial charge in [-0.2, -0.15) is 17.5 Å². The molecule has 150 valence electrons. The van der Waals surface area contributed by atoms with Crippen LogP contribution in [-0.2, 0) is 21.0 Å². The van der Waals surface area contributed by atoms with Crippen LogP contribution in [0.15, 0.2) is 53.4 Å². The van der Waals surface area contributed by atoms with E-state index in [4.69, 9.17) is 0 Å². The first-order valence-corrected chi connectivity index (χ1v) is 9.40. The number of rotatable bonds is 6. The molecule has 0 aromatic heterocycles. The van der Waals surface area contributed by atoms with Crippen LogP contribution >= 0.6 is 0 Å². The van der Waals surface area contributed by atoms with Gasteiger partial charge in [0, 0.05) is 12.6 Å². The Labute approximate surface area is 160 Å². The Morgan fingerprint density at radius 3 is 2.32 bits per heavy atom. The molecule has 0 atom stereocenters. The summed E-state index contributed by atoms with van der Waals surface area (Å²) in [5.74, 6) is -1.27. The highest BCUT2D eigenvalue weighted by molar-refractivity contribution is 7.89. The third kappa shape index (κ3) is 4.96. The van der Waals surface area contributed by atoms with E-state index in [0.29, 0.717) is 4.31 Å². The predicted octanol–water partition coefficient (Wildman–Crippen LogP) is 3.17. The third-order valence-corrected chi connectivity index (χ3v) is 5.62. The predicted molar refractivity (Wildman–Crippen MR) is 96.3 cm³/mol. The third-order valence-electron chi connectivity index (χ3n) is 3.82. The lowest BCUT2D eigenvalue weighted by Crippen LogP contribution is -2.35. The second kappa shape index (κ2) is 8.11. The number of sulfonamides is 1. The van der Waals surface area contributed by atoms with E-state index < -0.39 is 39.9 Å². The van der Waals surface area contributed by atoms with Crippen LogP contribution in [0.4, 0.5) is 18.9 Å². The lowest BCUT2D eigenvalue weighted by atomic mass is 10.1. The minimum absolute atomic E-state index is 0.179. The highest BCUT2D eigenvalue weighted by atomic mass is 32.2. The standard InChI is InChI=1S/C18H17F3N2O4S/c1-12(24)13-6-5-7-14(10-13)28(26,27)23(2)11-17(25)22-16-9-4-3-8-15(16)18(19,20)21/h3-10H,11H2,1-2H3,(H,22,25). The van der Waals surface area contributed by atoms with Crippen LogP contribution in [-0.4, -0.2) is 38.0 Å². The largest absolute Gasteiger partial charge is 0.418 e. The topological polar surface area (TPSA) is 83.6 Å². The molecule has 0 saturated carbocycles. The van der Waals surface area contributed by atoms with Crippen LogP contribution in [0.1, 0.15) is 22.8 Å². The number of amides is 1. The fourth-order valence-electron chi connectivity index (χ4n) is 2.37. The van der Waals surface area contributed by atoms with Gasteiger partial charge in [-0.25, -0.2) is 8.42 Å². The molecular formula is C18H17F3N2O4S. The summed E-state index contributed by atoms with van der Waals surface area (Å²) in [4.78, 5) is 23.3. The molecule has 0 saturated heterocycles. The van der Waals surface area contributed by atoms with Gasteiger partial charge in [-0.05, 0) is 31.2 Å². The number of carbonyl (C=O) groups is 2. The van der Waals surface area contributed by atoms with Crippen LogP contribution in [0.25, 0.3) is 0 Å². The van der Waals surface area contributed by atoms with E-state index in [2.05, 4.69) is 5.32 Å². The fourth-order valence-corrected chi connectivity index (χ4v) is 3.55. The molecule has 2 aromatic carbocycles. The molecule has 2 aromatic rings. The van der Waals surface area contributed by atoms with E-state index in [1.54, 1.807) is 0 Å². The van der Waals surface area contributed by atoms with Crippen molar-refractivity contribution in [2.24, 2.45) is 0 Å². The summed E-state index contributed by atoms with van der Waals surface area (Å²) in [6.45, 7) is 0.569. The average molecular weight is 414 g/mol. The number of halogens is 3. The Kier molecular flexibility index (Phi) is 6.25. The molecule has 0 aliphatic heterocycles. The number of Topliss-reactive ketones (excluding diaryl/α,β-unsaturated/α-hetero) is 1. The molecule has 0 aliphatic rings. The average Bonchev–Trinajstić information content (AvgIpc) is 2.61. The summed E-state index contributed by atoms with van der Waals surface area (Å²) in [5, 5.41) is 2.08. The van der Waals surface area contributed by atoms with E-state index in [-0.39, 0.29) is 16.2 Å². The summed E-state index contributed by atoms with van der Waals surface area (Å²) < 4.78 is 64.8. The van der Waals surface area contributed by atoms with Gasteiger partial charge in [0.1, 0.15) is 0 Å². The minimum atomic E-state index is -4.67. The first-order valence-electron chi connectivity index (χ1n) is 7.96. The van der Waals surface area contributed by atoms with Crippen molar-refractivity contribution in [1.29, 1.82) is 0 Å². The van der Waals surface area contributed by atoms with Gasteiger partial charge in [0.25, 0.3) is 0 Å².